The Morgan fingerprint density at radius 3 is 2.33 bits per heavy atom. The predicted octanol–water partition coefficient (Wildman–Crippen LogP) is 0.616. The summed E-state index contributed by atoms with van der Waals surface area (Å²) in [6.07, 6.45) is -1.87. The number of nitrogens with zero attached hydrogens (tertiary/aromatic N) is 1. The molecule has 1 saturated heterocycles. The SMILES string of the molecule is C[C@@H]1[C@H](O)[C@H](O)C[N@@+]1([O-])c1ccccc1. The largest absolute Gasteiger partial charge is 0.627 e. The van der Waals surface area contributed by atoms with Crippen molar-refractivity contribution in [1.29, 1.82) is 0 Å². The molecule has 0 unspecified atom stereocenters. The molecule has 0 amide bonds. The van der Waals surface area contributed by atoms with Crippen LogP contribution in [0.5, 0.6) is 0 Å². The summed E-state index contributed by atoms with van der Waals surface area (Å²) >= 11 is 0. The second kappa shape index (κ2) is 3.57. The zero-order valence-electron chi connectivity index (χ0n) is 8.58. The predicted molar refractivity (Wildman–Crippen MR) is 57.9 cm³/mol. The van der Waals surface area contributed by atoms with E-state index in [-0.39, 0.29) is 6.54 Å². The number of benzene rings is 1. The first-order valence-electron chi connectivity index (χ1n) is 5.06. The monoisotopic (exact) mass is 209 g/mol. The van der Waals surface area contributed by atoms with Gasteiger partial charge in [0, 0.05) is 0 Å². The lowest BCUT2D eigenvalue weighted by Crippen LogP contribution is -2.48. The van der Waals surface area contributed by atoms with E-state index >= 15 is 0 Å². The number of rotatable bonds is 1. The molecule has 1 aliphatic rings. The van der Waals surface area contributed by atoms with Gasteiger partial charge in [-0.25, -0.2) is 0 Å². The Labute approximate surface area is 88.6 Å². The molecule has 2 N–H and O–H groups in total. The zero-order chi connectivity index (χ0) is 11.1. The maximum atomic E-state index is 12.5. The van der Waals surface area contributed by atoms with Crippen molar-refractivity contribution in [1.82, 2.24) is 4.65 Å². The lowest BCUT2D eigenvalue weighted by molar-refractivity contribution is 0.0424. The molecule has 0 bridgehead atoms. The number of quaternary nitrogens is 1. The van der Waals surface area contributed by atoms with Gasteiger partial charge < -0.3 is 20.1 Å². The van der Waals surface area contributed by atoms with Gasteiger partial charge in [0.25, 0.3) is 0 Å². The van der Waals surface area contributed by atoms with Crippen LogP contribution in [-0.2, 0) is 0 Å². The van der Waals surface area contributed by atoms with E-state index in [4.69, 9.17) is 0 Å². The minimum atomic E-state index is -0.942. The van der Waals surface area contributed by atoms with Crippen molar-refractivity contribution in [3.05, 3.63) is 35.5 Å². The number of hydrogen-bond donors (Lipinski definition) is 2. The standard InChI is InChI=1S/C11H15NO3/c1-8-11(14)10(13)7-12(8,15)9-5-3-2-4-6-9/h2-6,8,10-11,13-14H,7H2,1H3/t8-,10-,11+,12+/m1/s1. The third kappa shape index (κ3) is 1.55. The molecular formula is C11H15NO3. The average molecular weight is 209 g/mol. The second-order valence-corrected chi connectivity index (χ2v) is 4.11. The van der Waals surface area contributed by atoms with Gasteiger partial charge in [0.2, 0.25) is 0 Å². The van der Waals surface area contributed by atoms with Crippen molar-refractivity contribution >= 4 is 5.69 Å². The fourth-order valence-electron chi connectivity index (χ4n) is 2.14. The average Bonchev–Trinajstić information content (AvgIpc) is 2.45. The Morgan fingerprint density at radius 1 is 1.27 bits per heavy atom. The highest BCUT2D eigenvalue weighted by molar-refractivity contribution is 5.45. The molecule has 0 spiro atoms. The fraction of sp³-hybridized carbons (Fsp3) is 0.455. The molecule has 1 aromatic carbocycles. The van der Waals surface area contributed by atoms with Crippen LogP contribution in [-0.4, -0.2) is 35.0 Å². The van der Waals surface area contributed by atoms with Crippen LogP contribution in [0.25, 0.3) is 0 Å². The molecule has 4 heteroatoms. The summed E-state index contributed by atoms with van der Waals surface area (Å²) in [6.45, 7) is 1.69. The number of hydroxylamine groups is 2. The number of aliphatic hydroxyl groups excluding tert-OH is 2. The summed E-state index contributed by atoms with van der Waals surface area (Å²) in [6, 6.07) is 8.35. The minimum absolute atomic E-state index is 0.0202. The van der Waals surface area contributed by atoms with Crippen LogP contribution >= 0.6 is 0 Å². The van der Waals surface area contributed by atoms with Crippen LogP contribution in [0.2, 0.25) is 0 Å². The van der Waals surface area contributed by atoms with E-state index in [0.29, 0.717) is 5.69 Å². The highest BCUT2D eigenvalue weighted by Gasteiger charge is 2.46. The summed E-state index contributed by atoms with van der Waals surface area (Å²) in [4.78, 5) is 0. The Bertz CT molecular complexity index is 343. The number of hydrogen-bond acceptors (Lipinski definition) is 3. The van der Waals surface area contributed by atoms with Crippen LogP contribution in [0.4, 0.5) is 5.69 Å². The first kappa shape index (κ1) is 10.6. The molecule has 1 aromatic rings. The van der Waals surface area contributed by atoms with Gasteiger partial charge >= 0.3 is 0 Å². The van der Waals surface area contributed by atoms with Crippen molar-refractivity contribution in [2.75, 3.05) is 6.54 Å². The third-order valence-corrected chi connectivity index (χ3v) is 3.20. The fourth-order valence-corrected chi connectivity index (χ4v) is 2.14. The molecule has 1 heterocycles. The molecule has 0 saturated carbocycles. The molecule has 15 heavy (non-hydrogen) atoms. The van der Waals surface area contributed by atoms with Gasteiger partial charge in [-0.2, -0.15) is 0 Å². The topological polar surface area (TPSA) is 63.5 Å². The van der Waals surface area contributed by atoms with E-state index in [9.17, 15) is 15.4 Å². The quantitative estimate of drug-likeness (QED) is 0.526. The molecule has 2 rings (SSSR count). The van der Waals surface area contributed by atoms with Crippen LogP contribution in [0.1, 0.15) is 6.92 Å². The summed E-state index contributed by atoms with van der Waals surface area (Å²) in [5, 5.41) is 31.6. The molecule has 4 nitrogen and oxygen atoms in total. The van der Waals surface area contributed by atoms with E-state index in [1.54, 1.807) is 31.2 Å². The molecule has 4 atom stereocenters. The minimum Gasteiger partial charge on any atom is -0.627 e. The normalized spacial score (nSPS) is 40.7. The van der Waals surface area contributed by atoms with E-state index in [1.807, 2.05) is 6.07 Å². The molecule has 0 aliphatic carbocycles. The van der Waals surface area contributed by atoms with Gasteiger partial charge in [0.1, 0.15) is 30.5 Å². The summed E-state index contributed by atoms with van der Waals surface area (Å²) in [7, 11) is 0. The van der Waals surface area contributed by atoms with Gasteiger partial charge in [0.05, 0.1) is 0 Å². The smallest absolute Gasteiger partial charge is 0.137 e. The van der Waals surface area contributed by atoms with E-state index in [1.165, 1.54) is 0 Å². The van der Waals surface area contributed by atoms with Crippen LogP contribution in [0, 0.1) is 5.21 Å². The Hall–Kier alpha value is -0.940. The molecule has 0 radical (unpaired) electrons. The first-order valence-corrected chi connectivity index (χ1v) is 5.06. The molecule has 1 aliphatic heterocycles. The highest BCUT2D eigenvalue weighted by Crippen LogP contribution is 2.33. The summed E-state index contributed by atoms with van der Waals surface area (Å²) in [5.74, 6) is 0. The van der Waals surface area contributed by atoms with Crippen LogP contribution in [0.15, 0.2) is 30.3 Å². The van der Waals surface area contributed by atoms with Gasteiger partial charge in [-0.15, -0.1) is 0 Å². The Morgan fingerprint density at radius 2 is 1.87 bits per heavy atom. The van der Waals surface area contributed by atoms with Crippen molar-refractivity contribution in [2.24, 2.45) is 0 Å². The van der Waals surface area contributed by atoms with Gasteiger partial charge in [-0.3, -0.25) is 0 Å². The lowest BCUT2D eigenvalue weighted by Gasteiger charge is -2.42. The Balaban J connectivity index is 2.36. The summed E-state index contributed by atoms with van der Waals surface area (Å²) in [5.41, 5.74) is 0.584. The Kier molecular flexibility index (Phi) is 2.52. The van der Waals surface area contributed by atoms with Crippen LogP contribution < -0.4 is 4.65 Å². The molecular weight excluding hydrogens is 194 g/mol. The maximum absolute atomic E-state index is 12.5. The number of aliphatic hydroxyl groups is 2. The summed E-state index contributed by atoms with van der Waals surface area (Å²) < 4.78 is -0.650. The van der Waals surface area contributed by atoms with E-state index in [0.717, 1.165) is 0 Å². The van der Waals surface area contributed by atoms with Crippen molar-refractivity contribution in [3.63, 3.8) is 0 Å². The van der Waals surface area contributed by atoms with Crippen molar-refractivity contribution in [3.8, 4) is 0 Å². The molecule has 0 aromatic heterocycles. The molecule has 82 valence electrons. The zero-order valence-corrected chi connectivity index (χ0v) is 8.58. The van der Waals surface area contributed by atoms with Crippen LogP contribution in [0.3, 0.4) is 0 Å². The molecule has 1 fully saturated rings. The third-order valence-electron chi connectivity index (χ3n) is 3.20. The maximum Gasteiger partial charge on any atom is 0.137 e. The first-order chi connectivity index (χ1) is 7.05. The highest BCUT2D eigenvalue weighted by atomic mass is 16.6. The second-order valence-electron chi connectivity index (χ2n) is 4.11. The lowest BCUT2D eigenvalue weighted by atomic mass is 10.1. The van der Waals surface area contributed by atoms with Gasteiger partial charge in [0.15, 0.2) is 0 Å². The van der Waals surface area contributed by atoms with Gasteiger partial charge in [-0.05, 0) is 19.1 Å². The van der Waals surface area contributed by atoms with Crippen molar-refractivity contribution < 1.29 is 10.2 Å². The number of para-hydroxylation sites is 1. The van der Waals surface area contributed by atoms with E-state index in [2.05, 4.69) is 0 Å². The van der Waals surface area contributed by atoms with E-state index < -0.39 is 22.9 Å². The van der Waals surface area contributed by atoms with Crippen molar-refractivity contribution in [2.45, 2.75) is 25.2 Å². The van der Waals surface area contributed by atoms with Gasteiger partial charge in [-0.1, -0.05) is 18.2 Å².